The summed E-state index contributed by atoms with van der Waals surface area (Å²) in [4.78, 5) is 10.6. The first-order chi connectivity index (χ1) is 8.72. The third-order valence-electron chi connectivity index (χ3n) is 3.66. The van der Waals surface area contributed by atoms with Crippen LogP contribution in [0.5, 0.6) is 5.88 Å². The van der Waals surface area contributed by atoms with Crippen LogP contribution in [0.2, 0.25) is 0 Å². The molecule has 2 heterocycles. The largest absolute Gasteiger partial charge is 0.481 e. The van der Waals surface area contributed by atoms with E-state index in [4.69, 9.17) is 10.5 Å². The molecule has 18 heavy (non-hydrogen) atoms. The number of rotatable bonds is 3. The average molecular weight is 250 g/mol. The molecule has 2 rings (SSSR count). The van der Waals surface area contributed by atoms with Crippen molar-refractivity contribution in [1.29, 1.82) is 0 Å². The quantitative estimate of drug-likeness (QED) is 0.889. The molecule has 1 aromatic rings. The predicted octanol–water partition coefficient (Wildman–Crippen LogP) is 2.08. The topological polar surface area (TPSA) is 64.3 Å². The van der Waals surface area contributed by atoms with Crippen LogP contribution in [0.25, 0.3) is 0 Å². The van der Waals surface area contributed by atoms with Gasteiger partial charge in [-0.1, -0.05) is 13.3 Å². The Morgan fingerprint density at radius 1 is 1.39 bits per heavy atom. The fourth-order valence-corrected chi connectivity index (χ4v) is 2.50. The Kier molecular flexibility index (Phi) is 4.23. The predicted molar refractivity (Wildman–Crippen MR) is 72.8 cm³/mol. The number of anilines is 2. The van der Waals surface area contributed by atoms with Gasteiger partial charge in [-0.15, -0.1) is 0 Å². The first-order valence-corrected chi connectivity index (χ1v) is 6.66. The van der Waals surface area contributed by atoms with E-state index in [0.29, 0.717) is 5.88 Å². The van der Waals surface area contributed by atoms with E-state index in [0.717, 1.165) is 24.8 Å². The maximum Gasteiger partial charge on any atom is 0.225 e. The van der Waals surface area contributed by atoms with Crippen molar-refractivity contribution in [3.63, 3.8) is 0 Å². The summed E-state index contributed by atoms with van der Waals surface area (Å²) in [7, 11) is 1.60. The fourth-order valence-electron chi connectivity index (χ4n) is 2.50. The van der Waals surface area contributed by atoms with Crippen LogP contribution in [0.4, 0.5) is 11.8 Å². The zero-order chi connectivity index (χ0) is 13.0. The van der Waals surface area contributed by atoms with Gasteiger partial charge in [-0.25, -0.2) is 0 Å². The number of methoxy groups -OCH3 is 1. The van der Waals surface area contributed by atoms with Crippen molar-refractivity contribution < 1.29 is 4.74 Å². The van der Waals surface area contributed by atoms with Crippen molar-refractivity contribution in [2.75, 3.05) is 30.8 Å². The van der Waals surface area contributed by atoms with Crippen LogP contribution in [0.1, 0.15) is 32.6 Å². The summed E-state index contributed by atoms with van der Waals surface area (Å²) in [5.41, 5.74) is 5.71. The summed E-state index contributed by atoms with van der Waals surface area (Å²) in [6.07, 6.45) is 5.02. The van der Waals surface area contributed by atoms with E-state index in [1.807, 2.05) is 6.07 Å². The van der Waals surface area contributed by atoms with Gasteiger partial charge in [-0.3, -0.25) is 0 Å². The van der Waals surface area contributed by atoms with Crippen molar-refractivity contribution in [1.82, 2.24) is 9.97 Å². The first-order valence-electron chi connectivity index (χ1n) is 6.66. The summed E-state index contributed by atoms with van der Waals surface area (Å²) < 4.78 is 5.14. The monoisotopic (exact) mass is 250 g/mol. The lowest BCUT2D eigenvalue weighted by molar-refractivity contribution is 0.397. The molecule has 0 radical (unpaired) electrons. The standard InChI is InChI=1S/C13H22N4O/c1-3-10-5-4-7-17(8-6-10)11-9-12(18-2)16-13(14)15-11/h9-10H,3-8H2,1-2H3,(H2,14,15,16). The summed E-state index contributed by atoms with van der Waals surface area (Å²) in [6.45, 7) is 4.35. The van der Waals surface area contributed by atoms with E-state index < -0.39 is 0 Å². The molecular weight excluding hydrogens is 228 g/mol. The van der Waals surface area contributed by atoms with E-state index in [2.05, 4.69) is 21.8 Å². The molecule has 1 aromatic heterocycles. The van der Waals surface area contributed by atoms with E-state index in [1.54, 1.807) is 7.11 Å². The minimum Gasteiger partial charge on any atom is -0.481 e. The molecule has 100 valence electrons. The van der Waals surface area contributed by atoms with Crippen molar-refractivity contribution >= 4 is 11.8 Å². The highest BCUT2D eigenvalue weighted by Gasteiger charge is 2.17. The van der Waals surface area contributed by atoms with Crippen LogP contribution in [-0.2, 0) is 0 Å². The van der Waals surface area contributed by atoms with Gasteiger partial charge in [-0.2, -0.15) is 9.97 Å². The molecule has 0 aromatic carbocycles. The Labute approximate surface area is 108 Å². The van der Waals surface area contributed by atoms with Gasteiger partial charge in [0.05, 0.1) is 7.11 Å². The van der Waals surface area contributed by atoms with Crippen LogP contribution >= 0.6 is 0 Å². The zero-order valence-corrected chi connectivity index (χ0v) is 11.2. The molecule has 0 spiro atoms. The third kappa shape index (κ3) is 3.03. The van der Waals surface area contributed by atoms with Crippen molar-refractivity contribution in [3.8, 4) is 5.88 Å². The minimum absolute atomic E-state index is 0.278. The summed E-state index contributed by atoms with van der Waals surface area (Å²) >= 11 is 0. The molecule has 2 N–H and O–H groups in total. The number of aromatic nitrogens is 2. The number of ether oxygens (including phenoxy) is 1. The highest BCUT2D eigenvalue weighted by Crippen LogP contribution is 2.25. The van der Waals surface area contributed by atoms with Gasteiger partial charge in [0.1, 0.15) is 5.82 Å². The molecule has 1 atom stereocenters. The van der Waals surface area contributed by atoms with Crippen LogP contribution < -0.4 is 15.4 Å². The smallest absolute Gasteiger partial charge is 0.225 e. The van der Waals surface area contributed by atoms with E-state index in [-0.39, 0.29) is 5.95 Å². The van der Waals surface area contributed by atoms with E-state index in [9.17, 15) is 0 Å². The fraction of sp³-hybridized carbons (Fsp3) is 0.692. The number of nitrogens with zero attached hydrogens (tertiary/aromatic N) is 3. The molecule has 1 aliphatic rings. The van der Waals surface area contributed by atoms with E-state index >= 15 is 0 Å². The molecule has 1 aliphatic heterocycles. The van der Waals surface area contributed by atoms with Gasteiger partial charge in [0.2, 0.25) is 11.8 Å². The van der Waals surface area contributed by atoms with Gasteiger partial charge < -0.3 is 15.4 Å². The molecule has 0 aliphatic carbocycles. The van der Waals surface area contributed by atoms with Crippen molar-refractivity contribution in [2.24, 2.45) is 5.92 Å². The molecule has 0 saturated carbocycles. The van der Waals surface area contributed by atoms with Crippen molar-refractivity contribution in [3.05, 3.63) is 6.07 Å². The molecule has 1 fully saturated rings. The molecular formula is C13H22N4O. The normalized spacial score (nSPS) is 20.6. The lowest BCUT2D eigenvalue weighted by Gasteiger charge is -2.22. The Balaban J connectivity index is 2.13. The van der Waals surface area contributed by atoms with Crippen LogP contribution in [-0.4, -0.2) is 30.2 Å². The highest BCUT2D eigenvalue weighted by atomic mass is 16.5. The average Bonchev–Trinajstić information content (AvgIpc) is 2.63. The number of nitrogen functional groups attached to an aromatic ring is 1. The Bertz CT molecular complexity index is 397. The van der Waals surface area contributed by atoms with Gasteiger partial charge in [0.25, 0.3) is 0 Å². The maximum atomic E-state index is 5.71. The molecule has 0 amide bonds. The highest BCUT2D eigenvalue weighted by molar-refractivity contribution is 5.45. The second-order valence-corrected chi connectivity index (χ2v) is 4.82. The summed E-state index contributed by atoms with van der Waals surface area (Å²) in [5, 5.41) is 0. The zero-order valence-electron chi connectivity index (χ0n) is 11.2. The lowest BCUT2D eigenvalue weighted by atomic mass is 9.98. The van der Waals surface area contributed by atoms with Gasteiger partial charge in [0, 0.05) is 19.2 Å². The van der Waals surface area contributed by atoms with Gasteiger partial charge in [0.15, 0.2) is 0 Å². The second-order valence-electron chi connectivity index (χ2n) is 4.82. The molecule has 1 saturated heterocycles. The molecule has 5 heteroatoms. The van der Waals surface area contributed by atoms with Crippen LogP contribution in [0.15, 0.2) is 6.07 Å². The molecule has 0 bridgehead atoms. The van der Waals surface area contributed by atoms with Gasteiger partial charge >= 0.3 is 0 Å². The SMILES string of the molecule is CCC1CCCN(c2cc(OC)nc(N)n2)CC1. The number of hydrogen-bond acceptors (Lipinski definition) is 5. The maximum absolute atomic E-state index is 5.71. The summed E-state index contributed by atoms with van der Waals surface area (Å²) in [6, 6.07) is 1.86. The van der Waals surface area contributed by atoms with E-state index in [1.165, 1.54) is 25.7 Å². The van der Waals surface area contributed by atoms with Crippen LogP contribution in [0.3, 0.4) is 0 Å². The number of hydrogen-bond donors (Lipinski definition) is 1. The minimum atomic E-state index is 0.278. The first kappa shape index (κ1) is 12.9. The second kappa shape index (κ2) is 5.89. The Morgan fingerprint density at radius 3 is 2.94 bits per heavy atom. The third-order valence-corrected chi connectivity index (χ3v) is 3.66. The molecule has 1 unspecified atom stereocenters. The van der Waals surface area contributed by atoms with Crippen molar-refractivity contribution in [2.45, 2.75) is 32.6 Å². The Hall–Kier alpha value is -1.52. The van der Waals surface area contributed by atoms with Crippen LogP contribution in [0, 0.1) is 5.92 Å². The number of nitrogens with two attached hydrogens (primary N) is 1. The Morgan fingerprint density at radius 2 is 2.22 bits per heavy atom. The molecule has 5 nitrogen and oxygen atoms in total. The lowest BCUT2D eigenvalue weighted by Crippen LogP contribution is -2.25. The van der Waals surface area contributed by atoms with Gasteiger partial charge in [-0.05, 0) is 25.2 Å². The summed E-state index contributed by atoms with van der Waals surface area (Å²) in [5.74, 6) is 2.54.